The quantitative estimate of drug-likeness (QED) is 0.874. The number of anilines is 1. The van der Waals surface area contributed by atoms with Gasteiger partial charge in [0.1, 0.15) is 0 Å². The van der Waals surface area contributed by atoms with Crippen molar-refractivity contribution in [3.05, 3.63) is 29.3 Å². The molecule has 2 rings (SSSR count). The molecule has 1 heterocycles. The van der Waals surface area contributed by atoms with Crippen molar-refractivity contribution in [3.63, 3.8) is 0 Å². The molecule has 1 saturated heterocycles. The van der Waals surface area contributed by atoms with Gasteiger partial charge in [-0.1, -0.05) is 17.7 Å². The van der Waals surface area contributed by atoms with Crippen LogP contribution in [0.1, 0.15) is 13.8 Å². The number of benzene rings is 1. The number of nitrogens with zero attached hydrogens (tertiary/aromatic N) is 2. The van der Waals surface area contributed by atoms with Crippen LogP contribution in [-0.4, -0.2) is 56.4 Å². The van der Waals surface area contributed by atoms with Crippen molar-refractivity contribution in [1.29, 1.82) is 0 Å². The molecule has 0 radical (unpaired) electrons. The van der Waals surface area contributed by atoms with Crippen LogP contribution in [0.5, 0.6) is 0 Å². The van der Waals surface area contributed by atoms with Gasteiger partial charge >= 0.3 is 0 Å². The molecule has 0 aromatic heterocycles. The van der Waals surface area contributed by atoms with Crippen molar-refractivity contribution in [1.82, 2.24) is 4.90 Å². The Morgan fingerprint density at radius 2 is 2.00 bits per heavy atom. The minimum Gasteiger partial charge on any atom is -0.380 e. The molecule has 5 heteroatoms. The van der Waals surface area contributed by atoms with Crippen LogP contribution >= 0.6 is 11.6 Å². The van der Waals surface area contributed by atoms with E-state index in [9.17, 15) is 0 Å². The second-order valence-corrected chi connectivity index (χ2v) is 6.23. The van der Waals surface area contributed by atoms with Crippen molar-refractivity contribution in [2.75, 3.05) is 50.8 Å². The fraction of sp³-hybridized carbons (Fsp3) is 0.625. The van der Waals surface area contributed by atoms with Crippen molar-refractivity contribution in [3.8, 4) is 0 Å². The highest BCUT2D eigenvalue weighted by atomic mass is 35.5. The number of rotatable bonds is 6. The summed E-state index contributed by atoms with van der Waals surface area (Å²) in [6.45, 7) is 10.2. The van der Waals surface area contributed by atoms with Crippen LogP contribution in [0.4, 0.5) is 5.69 Å². The zero-order valence-electron chi connectivity index (χ0n) is 13.0. The molecule has 1 atom stereocenters. The van der Waals surface area contributed by atoms with E-state index in [0.29, 0.717) is 13.2 Å². The molecular formula is C16H26ClN3O. The molecule has 21 heavy (non-hydrogen) atoms. The van der Waals surface area contributed by atoms with Gasteiger partial charge in [-0.15, -0.1) is 0 Å². The van der Waals surface area contributed by atoms with Crippen molar-refractivity contribution in [2.24, 2.45) is 5.73 Å². The average molecular weight is 312 g/mol. The second kappa shape index (κ2) is 7.45. The third kappa shape index (κ3) is 4.10. The van der Waals surface area contributed by atoms with Gasteiger partial charge in [-0.25, -0.2) is 0 Å². The summed E-state index contributed by atoms with van der Waals surface area (Å²) < 4.78 is 5.62. The Labute approximate surface area is 132 Å². The molecule has 1 aliphatic rings. The summed E-state index contributed by atoms with van der Waals surface area (Å²) in [5.74, 6) is 0. The fourth-order valence-corrected chi connectivity index (χ4v) is 2.96. The maximum atomic E-state index is 6.07. The summed E-state index contributed by atoms with van der Waals surface area (Å²) in [6, 6.07) is 8.06. The molecule has 1 aliphatic heterocycles. The Hall–Kier alpha value is -0.810. The van der Waals surface area contributed by atoms with Gasteiger partial charge in [-0.2, -0.15) is 0 Å². The SMILES string of the molecule is CCOCC(C)(CN)N1CCN(c2cccc(Cl)c2)CC1. The predicted octanol–water partition coefficient (Wildman–Crippen LogP) is 2.22. The van der Waals surface area contributed by atoms with E-state index in [1.54, 1.807) is 0 Å². The lowest BCUT2D eigenvalue weighted by atomic mass is 10.00. The highest BCUT2D eigenvalue weighted by molar-refractivity contribution is 6.30. The Morgan fingerprint density at radius 1 is 1.29 bits per heavy atom. The largest absolute Gasteiger partial charge is 0.380 e. The van der Waals surface area contributed by atoms with Crippen molar-refractivity contribution >= 4 is 17.3 Å². The third-order valence-corrected chi connectivity index (χ3v) is 4.51. The zero-order valence-corrected chi connectivity index (χ0v) is 13.8. The third-order valence-electron chi connectivity index (χ3n) is 4.27. The fourth-order valence-electron chi connectivity index (χ4n) is 2.78. The first-order chi connectivity index (χ1) is 10.1. The van der Waals surface area contributed by atoms with Gasteiger partial charge in [0, 0.05) is 50.0 Å². The van der Waals surface area contributed by atoms with Crippen LogP contribution < -0.4 is 10.6 Å². The monoisotopic (exact) mass is 311 g/mol. The van der Waals surface area contributed by atoms with Crippen molar-refractivity contribution < 1.29 is 4.74 Å². The van der Waals surface area contributed by atoms with E-state index in [0.717, 1.165) is 37.8 Å². The minimum absolute atomic E-state index is 0.0730. The second-order valence-electron chi connectivity index (χ2n) is 5.79. The standard InChI is InChI=1S/C16H26ClN3O/c1-3-21-13-16(2,12-18)20-9-7-19(8-10-20)15-6-4-5-14(17)11-15/h4-6,11H,3,7-10,12-13,18H2,1-2H3. The zero-order chi connectivity index (χ0) is 15.3. The molecule has 0 bridgehead atoms. The molecule has 1 aromatic rings. The highest BCUT2D eigenvalue weighted by Crippen LogP contribution is 2.23. The van der Waals surface area contributed by atoms with Gasteiger partial charge in [-0.05, 0) is 32.0 Å². The maximum absolute atomic E-state index is 6.07. The van der Waals surface area contributed by atoms with E-state index in [1.165, 1.54) is 5.69 Å². The lowest BCUT2D eigenvalue weighted by molar-refractivity contribution is 0.00749. The van der Waals surface area contributed by atoms with Gasteiger partial charge in [0.25, 0.3) is 0 Å². The Bertz CT molecular complexity index is 449. The van der Waals surface area contributed by atoms with Crippen LogP contribution in [0.25, 0.3) is 0 Å². The van der Waals surface area contributed by atoms with Gasteiger partial charge in [0.2, 0.25) is 0 Å². The van der Waals surface area contributed by atoms with E-state index in [2.05, 4.69) is 22.8 Å². The minimum atomic E-state index is -0.0730. The Balaban J connectivity index is 1.96. The highest BCUT2D eigenvalue weighted by Gasteiger charge is 2.33. The summed E-state index contributed by atoms with van der Waals surface area (Å²) in [5, 5.41) is 0.790. The Kier molecular flexibility index (Phi) is 5.88. The van der Waals surface area contributed by atoms with Gasteiger partial charge in [0.05, 0.1) is 12.1 Å². The molecule has 0 amide bonds. The predicted molar refractivity (Wildman–Crippen MR) is 89.2 cm³/mol. The summed E-state index contributed by atoms with van der Waals surface area (Å²) in [6.07, 6.45) is 0. The van der Waals surface area contributed by atoms with Crippen LogP contribution in [0.15, 0.2) is 24.3 Å². The van der Waals surface area contributed by atoms with E-state index in [4.69, 9.17) is 22.1 Å². The number of hydrogen-bond donors (Lipinski definition) is 1. The lowest BCUT2D eigenvalue weighted by Crippen LogP contribution is -2.61. The summed E-state index contributed by atoms with van der Waals surface area (Å²) in [4.78, 5) is 4.82. The number of hydrogen-bond acceptors (Lipinski definition) is 4. The first kappa shape index (κ1) is 16.6. The van der Waals surface area contributed by atoms with E-state index in [-0.39, 0.29) is 5.54 Å². The van der Waals surface area contributed by atoms with Crippen LogP contribution in [-0.2, 0) is 4.74 Å². The molecule has 118 valence electrons. The molecule has 1 fully saturated rings. The van der Waals surface area contributed by atoms with Crippen LogP contribution in [0.2, 0.25) is 5.02 Å². The first-order valence-electron chi connectivity index (χ1n) is 7.62. The molecule has 4 nitrogen and oxygen atoms in total. The van der Waals surface area contributed by atoms with Crippen LogP contribution in [0, 0.1) is 0 Å². The molecule has 0 spiro atoms. The van der Waals surface area contributed by atoms with E-state index in [1.807, 2.05) is 25.1 Å². The average Bonchev–Trinajstić information content (AvgIpc) is 2.53. The molecule has 1 unspecified atom stereocenters. The van der Waals surface area contributed by atoms with E-state index < -0.39 is 0 Å². The normalized spacial score (nSPS) is 19.5. The maximum Gasteiger partial charge on any atom is 0.0659 e. The summed E-state index contributed by atoms with van der Waals surface area (Å²) >= 11 is 6.07. The van der Waals surface area contributed by atoms with Gasteiger partial charge in [0.15, 0.2) is 0 Å². The Morgan fingerprint density at radius 3 is 2.57 bits per heavy atom. The van der Waals surface area contributed by atoms with Crippen molar-refractivity contribution in [2.45, 2.75) is 19.4 Å². The number of nitrogens with two attached hydrogens (primary N) is 1. The van der Waals surface area contributed by atoms with Crippen LogP contribution in [0.3, 0.4) is 0 Å². The molecule has 0 saturated carbocycles. The number of ether oxygens (including phenoxy) is 1. The van der Waals surface area contributed by atoms with E-state index >= 15 is 0 Å². The first-order valence-corrected chi connectivity index (χ1v) is 8.00. The summed E-state index contributed by atoms with van der Waals surface area (Å²) in [7, 11) is 0. The molecule has 1 aromatic carbocycles. The molecule has 2 N–H and O–H groups in total. The van der Waals surface area contributed by atoms with Gasteiger partial charge < -0.3 is 15.4 Å². The van der Waals surface area contributed by atoms with Gasteiger partial charge in [-0.3, -0.25) is 4.90 Å². The topological polar surface area (TPSA) is 41.7 Å². The number of piperazine rings is 1. The molecule has 0 aliphatic carbocycles. The smallest absolute Gasteiger partial charge is 0.0659 e. The summed E-state index contributed by atoms with van der Waals surface area (Å²) in [5.41, 5.74) is 7.11. The lowest BCUT2D eigenvalue weighted by Gasteiger charge is -2.45. The molecular weight excluding hydrogens is 286 g/mol. The number of halogens is 1.